The van der Waals surface area contributed by atoms with E-state index in [0.29, 0.717) is 18.3 Å². The van der Waals surface area contributed by atoms with Gasteiger partial charge in [0.15, 0.2) is 0 Å². The summed E-state index contributed by atoms with van der Waals surface area (Å²) >= 11 is 0. The van der Waals surface area contributed by atoms with Gasteiger partial charge in [-0.05, 0) is 25.0 Å². The molecule has 1 aliphatic rings. The first-order valence-corrected chi connectivity index (χ1v) is 5.29. The van der Waals surface area contributed by atoms with Gasteiger partial charge in [-0.25, -0.2) is 0 Å². The standard InChI is InChI=1S/C11H15N3O/c15-11(10-3-1-2-6-13-10)14-8-7-12-9-4-5-9/h1-3,6,9,12H,4-5,7-8H2,(H,14,15). The molecule has 1 saturated carbocycles. The minimum absolute atomic E-state index is 0.104. The Bertz CT molecular complexity index is 322. The molecular weight excluding hydrogens is 190 g/mol. The van der Waals surface area contributed by atoms with E-state index in [1.54, 1.807) is 18.3 Å². The van der Waals surface area contributed by atoms with Gasteiger partial charge < -0.3 is 10.6 Å². The highest BCUT2D eigenvalue weighted by molar-refractivity contribution is 5.92. The second-order valence-electron chi connectivity index (χ2n) is 3.70. The normalized spacial score (nSPS) is 14.9. The highest BCUT2D eigenvalue weighted by Gasteiger charge is 2.19. The lowest BCUT2D eigenvalue weighted by Gasteiger charge is -2.04. The monoisotopic (exact) mass is 205 g/mol. The summed E-state index contributed by atoms with van der Waals surface area (Å²) in [5, 5.41) is 6.15. The zero-order valence-corrected chi connectivity index (χ0v) is 8.57. The van der Waals surface area contributed by atoms with E-state index < -0.39 is 0 Å². The Morgan fingerprint density at radius 3 is 2.93 bits per heavy atom. The van der Waals surface area contributed by atoms with Crippen molar-refractivity contribution in [1.82, 2.24) is 15.6 Å². The second kappa shape index (κ2) is 4.89. The van der Waals surface area contributed by atoms with Crippen LogP contribution in [0, 0.1) is 0 Å². The third kappa shape index (κ3) is 3.32. The molecule has 0 bridgehead atoms. The Morgan fingerprint density at radius 1 is 1.40 bits per heavy atom. The molecule has 0 aliphatic heterocycles. The maximum Gasteiger partial charge on any atom is 0.269 e. The van der Waals surface area contributed by atoms with E-state index >= 15 is 0 Å². The lowest BCUT2D eigenvalue weighted by atomic mass is 10.3. The number of nitrogens with zero attached hydrogens (tertiary/aromatic N) is 1. The van der Waals surface area contributed by atoms with Crippen molar-refractivity contribution in [1.29, 1.82) is 0 Å². The summed E-state index contributed by atoms with van der Waals surface area (Å²) in [5.74, 6) is -0.104. The van der Waals surface area contributed by atoms with Crippen LogP contribution in [0.15, 0.2) is 24.4 Å². The fourth-order valence-corrected chi connectivity index (χ4v) is 1.33. The third-order valence-corrected chi connectivity index (χ3v) is 2.32. The van der Waals surface area contributed by atoms with E-state index in [2.05, 4.69) is 15.6 Å². The van der Waals surface area contributed by atoms with Crippen LogP contribution in [0.5, 0.6) is 0 Å². The van der Waals surface area contributed by atoms with Crippen LogP contribution in [0.4, 0.5) is 0 Å². The van der Waals surface area contributed by atoms with Crippen molar-refractivity contribution < 1.29 is 4.79 Å². The van der Waals surface area contributed by atoms with E-state index in [1.807, 2.05) is 6.07 Å². The van der Waals surface area contributed by atoms with E-state index in [4.69, 9.17) is 0 Å². The molecule has 1 heterocycles. The van der Waals surface area contributed by atoms with Crippen LogP contribution in [0.3, 0.4) is 0 Å². The van der Waals surface area contributed by atoms with Gasteiger partial charge in [0.1, 0.15) is 5.69 Å². The number of amides is 1. The molecule has 0 spiro atoms. The minimum Gasteiger partial charge on any atom is -0.349 e. The number of aromatic nitrogens is 1. The fraction of sp³-hybridized carbons (Fsp3) is 0.455. The molecule has 2 rings (SSSR count). The number of carbonyl (C=O) groups is 1. The Balaban J connectivity index is 1.67. The van der Waals surface area contributed by atoms with E-state index in [9.17, 15) is 4.79 Å². The number of rotatable bonds is 5. The topological polar surface area (TPSA) is 54.0 Å². The Hall–Kier alpha value is -1.42. The molecule has 0 aromatic carbocycles. The van der Waals surface area contributed by atoms with Crippen molar-refractivity contribution in [2.24, 2.45) is 0 Å². The molecule has 0 unspecified atom stereocenters. The summed E-state index contributed by atoms with van der Waals surface area (Å²) in [5.41, 5.74) is 0.476. The van der Waals surface area contributed by atoms with Gasteiger partial charge in [-0.15, -0.1) is 0 Å². The largest absolute Gasteiger partial charge is 0.349 e. The Kier molecular flexibility index (Phi) is 3.29. The van der Waals surface area contributed by atoms with Crippen molar-refractivity contribution in [3.8, 4) is 0 Å². The zero-order chi connectivity index (χ0) is 10.5. The molecule has 15 heavy (non-hydrogen) atoms. The first-order valence-electron chi connectivity index (χ1n) is 5.29. The maximum atomic E-state index is 11.5. The third-order valence-electron chi connectivity index (χ3n) is 2.32. The summed E-state index contributed by atoms with van der Waals surface area (Å²) in [6.07, 6.45) is 4.17. The molecular formula is C11H15N3O. The molecule has 1 amide bonds. The van der Waals surface area contributed by atoms with Crippen LogP contribution < -0.4 is 10.6 Å². The zero-order valence-electron chi connectivity index (χ0n) is 8.57. The summed E-state index contributed by atoms with van der Waals surface area (Å²) in [7, 11) is 0. The lowest BCUT2D eigenvalue weighted by Crippen LogP contribution is -2.32. The van der Waals surface area contributed by atoms with Crippen molar-refractivity contribution in [2.75, 3.05) is 13.1 Å². The molecule has 1 aromatic rings. The number of pyridine rings is 1. The number of hydrogen-bond donors (Lipinski definition) is 2. The predicted molar refractivity (Wildman–Crippen MR) is 57.6 cm³/mol. The van der Waals surface area contributed by atoms with Gasteiger partial charge >= 0.3 is 0 Å². The number of nitrogens with one attached hydrogen (secondary N) is 2. The first kappa shape index (κ1) is 10.1. The van der Waals surface area contributed by atoms with E-state index in [0.717, 1.165) is 6.54 Å². The van der Waals surface area contributed by atoms with E-state index in [1.165, 1.54) is 12.8 Å². The molecule has 0 radical (unpaired) electrons. The van der Waals surface area contributed by atoms with Gasteiger partial charge in [0.2, 0.25) is 0 Å². The summed E-state index contributed by atoms with van der Waals surface area (Å²) in [6.45, 7) is 1.50. The summed E-state index contributed by atoms with van der Waals surface area (Å²) in [4.78, 5) is 15.5. The SMILES string of the molecule is O=C(NCCNC1CC1)c1ccccn1. The highest BCUT2D eigenvalue weighted by atomic mass is 16.1. The smallest absolute Gasteiger partial charge is 0.269 e. The average Bonchev–Trinajstić information content (AvgIpc) is 3.09. The molecule has 0 saturated heterocycles. The van der Waals surface area contributed by atoms with Gasteiger partial charge in [-0.1, -0.05) is 6.07 Å². The molecule has 80 valence electrons. The highest BCUT2D eigenvalue weighted by Crippen LogP contribution is 2.17. The first-order chi connectivity index (χ1) is 7.36. The van der Waals surface area contributed by atoms with Crippen molar-refractivity contribution in [3.05, 3.63) is 30.1 Å². The summed E-state index contributed by atoms with van der Waals surface area (Å²) in [6, 6.07) is 6.01. The molecule has 1 aliphatic carbocycles. The van der Waals surface area contributed by atoms with Crippen LogP contribution in [-0.4, -0.2) is 30.0 Å². The van der Waals surface area contributed by atoms with Crippen molar-refractivity contribution in [3.63, 3.8) is 0 Å². The second-order valence-corrected chi connectivity index (χ2v) is 3.70. The van der Waals surface area contributed by atoms with Crippen LogP contribution in [0.1, 0.15) is 23.3 Å². The predicted octanol–water partition coefficient (Wildman–Crippen LogP) is 0.563. The van der Waals surface area contributed by atoms with Crippen molar-refractivity contribution in [2.45, 2.75) is 18.9 Å². The van der Waals surface area contributed by atoms with Crippen LogP contribution in [-0.2, 0) is 0 Å². The summed E-state index contributed by atoms with van der Waals surface area (Å²) < 4.78 is 0. The number of carbonyl (C=O) groups excluding carboxylic acids is 1. The Labute approximate surface area is 89.1 Å². The lowest BCUT2D eigenvalue weighted by molar-refractivity contribution is 0.0949. The van der Waals surface area contributed by atoms with Gasteiger partial charge in [-0.2, -0.15) is 0 Å². The Morgan fingerprint density at radius 2 is 2.27 bits per heavy atom. The molecule has 2 N–H and O–H groups in total. The minimum atomic E-state index is -0.104. The van der Waals surface area contributed by atoms with Gasteiger partial charge in [0.05, 0.1) is 0 Å². The van der Waals surface area contributed by atoms with Crippen LogP contribution >= 0.6 is 0 Å². The van der Waals surface area contributed by atoms with Gasteiger partial charge in [-0.3, -0.25) is 9.78 Å². The van der Waals surface area contributed by atoms with Gasteiger partial charge in [0, 0.05) is 25.3 Å². The van der Waals surface area contributed by atoms with Gasteiger partial charge in [0.25, 0.3) is 5.91 Å². The molecule has 4 heteroatoms. The number of hydrogen-bond acceptors (Lipinski definition) is 3. The average molecular weight is 205 g/mol. The molecule has 1 aromatic heterocycles. The quantitative estimate of drug-likeness (QED) is 0.691. The molecule has 1 fully saturated rings. The van der Waals surface area contributed by atoms with Crippen LogP contribution in [0.25, 0.3) is 0 Å². The fourth-order valence-electron chi connectivity index (χ4n) is 1.33. The van der Waals surface area contributed by atoms with E-state index in [-0.39, 0.29) is 5.91 Å². The van der Waals surface area contributed by atoms with Crippen molar-refractivity contribution >= 4 is 5.91 Å². The molecule has 0 atom stereocenters. The van der Waals surface area contributed by atoms with Crippen LogP contribution in [0.2, 0.25) is 0 Å². The maximum absolute atomic E-state index is 11.5. The molecule has 4 nitrogen and oxygen atoms in total.